The Morgan fingerprint density at radius 2 is 1.61 bits per heavy atom. The average Bonchev–Trinajstić information content (AvgIpc) is 2.51. The van der Waals surface area contributed by atoms with Crippen LogP contribution in [-0.2, 0) is 11.2 Å². The first-order valence-electron chi connectivity index (χ1n) is 8.95. The van der Waals surface area contributed by atoms with Gasteiger partial charge >= 0.3 is 5.97 Å². The molecule has 0 saturated heterocycles. The highest BCUT2D eigenvalue weighted by Crippen LogP contribution is 2.09. The Hall–Kier alpha value is -1.55. The highest BCUT2D eigenvalue weighted by atomic mass is 16.4. The zero-order valence-electron chi connectivity index (χ0n) is 14.2. The highest BCUT2D eigenvalue weighted by molar-refractivity contribution is 5.66. The standard InChI is InChI=1S/C19H32N2O2/c20-18-11-9-10-17(16-18)13-15-21-14-8-6-4-2-1-3-5-7-12-19(22)23/h9-11,16,21H,1-8,12-15,20H2,(H,22,23). The van der Waals surface area contributed by atoms with Crippen molar-refractivity contribution in [3.05, 3.63) is 29.8 Å². The van der Waals surface area contributed by atoms with Gasteiger partial charge < -0.3 is 16.2 Å². The zero-order chi connectivity index (χ0) is 16.8. The first kappa shape index (κ1) is 19.5. The van der Waals surface area contributed by atoms with Crippen LogP contribution < -0.4 is 11.1 Å². The molecule has 1 aromatic carbocycles. The van der Waals surface area contributed by atoms with Crippen molar-refractivity contribution in [3.8, 4) is 0 Å². The van der Waals surface area contributed by atoms with Crippen LogP contribution in [0.25, 0.3) is 0 Å². The normalized spacial score (nSPS) is 10.8. The molecule has 1 aromatic rings. The number of carboxylic acids is 1. The second-order valence-electron chi connectivity index (χ2n) is 6.22. The molecule has 0 atom stereocenters. The number of rotatable bonds is 14. The molecule has 4 heteroatoms. The summed E-state index contributed by atoms with van der Waals surface area (Å²) >= 11 is 0. The summed E-state index contributed by atoms with van der Waals surface area (Å²) in [5, 5.41) is 12.0. The van der Waals surface area contributed by atoms with Crippen LogP contribution in [0, 0.1) is 0 Å². The quantitative estimate of drug-likeness (QED) is 0.358. The number of unbranched alkanes of at least 4 members (excludes halogenated alkanes) is 7. The molecule has 0 bridgehead atoms. The van der Waals surface area contributed by atoms with Crippen molar-refractivity contribution in [1.29, 1.82) is 0 Å². The summed E-state index contributed by atoms with van der Waals surface area (Å²) in [4.78, 5) is 10.4. The number of nitrogens with two attached hydrogens (primary N) is 1. The lowest BCUT2D eigenvalue weighted by atomic mass is 10.1. The summed E-state index contributed by atoms with van der Waals surface area (Å²) in [6.07, 6.45) is 10.7. The van der Waals surface area contributed by atoms with Gasteiger partial charge in [-0.3, -0.25) is 4.79 Å². The van der Waals surface area contributed by atoms with Gasteiger partial charge in [0.2, 0.25) is 0 Å². The van der Waals surface area contributed by atoms with E-state index in [1.807, 2.05) is 18.2 Å². The van der Waals surface area contributed by atoms with Gasteiger partial charge in [-0.25, -0.2) is 0 Å². The SMILES string of the molecule is Nc1cccc(CCNCCCCCCCCCCC(=O)O)c1. The summed E-state index contributed by atoms with van der Waals surface area (Å²) in [6.45, 7) is 2.09. The summed E-state index contributed by atoms with van der Waals surface area (Å²) < 4.78 is 0. The Bertz CT molecular complexity index is 435. The lowest BCUT2D eigenvalue weighted by molar-refractivity contribution is -0.137. The smallest absolute Gasteiger partial charge is 0.303 e. The van der Waals surface area contributed by atoms with E-state index < -0.39 is 5.97 Å². The van der Waals surface area contributed by atoms with Crippen molar-refractivity contribution in [2.24, 2.45) is 0 Å². The Kier molecular flexibility index (Phi) is 11.0. The van der Waals surface area contributed by atoms with Crippen molar-refractivity contribution < 1.29 is 9.90 Å². The first-order chi connectivity index (χ1) is 11.2. The molecule has 0 fully saturated rings. The Labute approximate surface area is 140 Å². The van der Waals surface area contributed by atoms with Crippen LogP contribution in [0.4, 0.5) is 5.69 Å². The molecule has 4 N–H and O–H groups in total. The monoisotopic (exact) mass is 320 g/mol. The Morgan fingerprint density at radius 3 is 2.26 bits per heavy atom. The number of carboxylic acid groups (broad SMARTS) is 1. The van der Waals surface area contributed by atoms with Crippen LogP contribution >= 0.6 is 0 Å². The number of nitrogens with one attached hydrogen (secondary N) is 1. The maximum absolute atomic E-state index is 10.4. The number of hydrogen-bond donors (Lipinski definition) is 3. The fraction of sp³-hybridized carbons (Fsp3) is 0.632. The van der Waals surface area contributed by atoms with E-state index in [0.29, 0.717) is 6.42 Å². The van der Waals surface area contributed by atoms with Crippen molar-refractivity contribution in [3.63, 3.8) is 0 Å². The van der Waals surface area contributed by atoms with E-state index in [1.54, 1.807) is 0 Å². The minimum absolute atomic E-state index is 0.321. The number of benzene rings is 1. The van der Waals surface area contributed by atoms with E-state index >= 15 is 0 Å². The highest BCUT2D eigenvalue weighted by Gasteiger charge is 1.97. The summed E-state index contributed by atoms with van der Waals surface area (Å²) in [5.74, 6) is -0.673. The molecule has 0 aromatic heterocycles. The topological polar surface area (TPSA) is 75.3 Å². The molecular weight excluding hydrogens is 288 g/mol. The van der Waals surface area contributed by atoms with Gasteiger partial charge in [0.25, 0.3) is 0 Å². The fourth-order valence-electron chi connectivity index (χ4n) is 2.69. The van der Waals surface area contributed by atoms with Gasteiger partial charge in [0.05, 0.1) is 0 Å². The van der Waals surface area contributed by atoms with Gasteiger partial charge in [-0.05, 0) is 50.0 Å². The second kappa shape index (κ2) is 12.9. The van der Waals surface area contributed by atoms with E-state index in [4.69, 9.17) is 10.8 Å². The summed E-state index contributed by atoms with van der Waals surface area (Å²) in [6, 6.07) is 8.09. The fourth-order valence-corrected chi connectivity index (χ4v) is 2.69. The van der Waals surface area contributed by atoms with Crippen molar-refractivity contribution in [2.75, 3.05) is 18.8 Å². The first-order valence-corrected chi connectivity index (χ1v) is 8.95. The molecule has 0 aliphatic rings. The predicted octanol–water partition coefficient (Wildman–Crippen LogP) is 4.00. The number of anilines is 1. The molecule has 0 saturated carbocycles. The lowest BCUT2D eigenvalue weighted by Gasteiger charge is -2.06. The molecule has 4 nitrogen and oxygen atoms in total. The van der Waals surface area contributed by atoms with Crippen LogP contribution in [0.15, 0.2) is 24.3 Å². The van der Waals surface area contributed by atoms with Gasteiger partial charge in [0.1, 0.15) is 0 Å². The maximum atomic E-state index is 10.4. The molecule has 0 spiro atoms. The van der Waals surface area contributed by atoms with Gasteiger partial charge in [-0.15, -0.1) is 0 Å². The molecular formula is C19H32N2O2. The van der Waals surface area contributed by atoms with E-state index in [2.05, 4.69) is 11.4 Å². The van der Waals surface area contributed by atoms with Gasteiger partial charge in [-0.1, -0.05) is 50.7 Å². The molecule has 23 heavy (non-hydrogen) atoms. The Morgan fingerprint density at radius 1 is 0.957 bits per heavy atom. The summed E-state index contributed by atoms with van der Waals surface area (Å²) in [5.41, 5.74) is 7.89. The molecule has 1 rings (SSSR count). The second-order valence-corrected chi connectivity index (χ2v) is 6.22. The number of aliphatic carboxylic acids is 1. The third kappa shape index (κ3) is 11.6. The average molecular weight is 320 g/mol. The summed E-state index contributed by atoms with van der Waals surface area (Å²) in [7, 11) is 0. The van der Waals surface area contributed by atoms with Crippen molar-refractivity contribution >= 4 is 11.7 Å². The number of hydrogen-bond acceptors (Lipinski definition) is 3. The molecule has 0 aliphatic carbocycles. The van der Waals surface area contributed by atoms with Crippen LogP contribution in [0.5, 0.6) is 0 Å². The maximum Gasteiger partial charge on any atom is 0.303 e. The van der Waals surface area contributed by atoms with E-state index in [1.165, 1.54) is 44.1 Å². The van der Waals surface area contributed by atoms with Gasteiger partial charge in [0, 0.05) is 12.1 Å². The molecule has 0 aliphatic heterocycles. The molecule has 0 heterocycles. The van der Waals surface area contributed by atoms with Crippen molar-refractivity contribution in [1.82, 2.24) is 5.32 Å². The number of carbonyl (C=O) groups is 1. The molecule has 0 amide bonds. The van der Waals surface area contributed by atoms with Gasteiger partial charge in [0.15, 0.2) is 0 Å². The van der Waals surface area contributed by atoms with Gasteiger partial charge in [-0.2, -0.15) is 0 Å². The van der Waals surface area contributed by atoms with Crippen molar-refractivity contribution in [2.45, 2.75) is 64.2 Å². The van der Waals surface area contributed by atoms with Crippen LogP contribution in [-0.4, -0.2) is 24.2 Å². The Balaban J connectivity index is 1.80. The zero-order valence-corrected chi connectivity index (χ0v) is 14.2. The predicted molar refractivity (Wildman–Crippen MR) is 96.6 cm³/mol. The van der Waals surface area contributed by atoms with E-state index in [-0.39, 0.29) is 0 Å². The minimum Gasteiger partial charge on any atom is -0.481 e. The van der Waals surface area contributed by atoms with Crippen LogP contribution in [0.3, 0.4) is 0 Å². The van der Waals surface area contributed by atoms with Crippen LogP contribution in [0.2, 0.25) is 0 Å². The minimum atomic E-state index is -0.673. The van der Waals surface area contributed by atoms with E-state index in [0.717, 1.165) is 38.0 Å². The molecule has 0 radical (unpaired) electrons. The molecule has 130 valence electrons. The van der Waals surface area contributed by atoms with Crippen LogP contribution in [0.1, 0.15) is 63.4 Å². The third-order valence-corrected chi connectivity index (χ3v) is 4.04. The molecule has 0 unspecified atom stereocenters. The largest absolute Gasteiger partial charge is 0.481 e. The lowest BCUT2D eigenvalue weighted by Crippen LogP contribution is -2.18. The third-order valence-electron chi connectivity index (χ3n) is 4.04. The van der Waals surface area contributed by atoms with E-state index in [9.17, 15) is 4.79 Å². The number of nitrogen functional groups attached to an aromatic ring is 1.